The summed E-state index contributed by atoms with van der Waals surface area (Å²) in [5.41, 5.74) is -1.62. The van der Waals surface area contributed by atoms with E-state index in [2.05, 4.69) is 33.2 Å². The number of hydrogen-bond acceptors (Lipinski definition) is 3. The minimum Gasteiger partial charge on any atom is -0.479 e. The molecule has 4 N–H and O–H groups in total. The summed E-state index contributed by atoms with van der Waals surface area (Å²) in [6, 6.07) is 4.41. The lowest BCUT2D eigenvalue weighted by Gasteiger charge is -2.18. The SMILES string of the molecule is CC(O)(CNC(=O)Nc1ccc(I)cc1Cl)C(=O)O. The number of rotatable bonds is 4. The number of carboxylic acid groups (broad SMARTS) is 1. The fourth-order valence-electron chi connectivity index (χ4n) is 1.09. The molecule has 1 aromatic rings. The Morgan fingerprint density at radius 1 is 1.47 bits per heavy atom. The van der Waals surface area contributed by atoms with Crippen LogP contribution in [0.25, 0.3) is 0 Å². The van der Waals surface area contributed by atoms with Gasteiger partial charge in [-0.25, -0.2) is 9.59 Å². The third-order valence-electron chi connectivity index (χ3n) is 2.23. The Bertz CT molecular complexity index is 507. The van der Waals surface area contributed by atoms with Crippen LogP contribution in [0.3, 0.4) is 0 Å². The maximum absolute atomic E-state index is 11.5. The van der Waals surface area contributed by atoms with Crippen molar-refractivity contribution in [3.05, 3.63) is 26.8 Å². The largest absolute Gasteiger partial charge is 0.479 e. The molecule has 2 amide bonds. The Morgan fingerprint density at radius 2 is 2.11 bits per heavy atom. The molecule has 0 aliphatic heterocycles. The molecule has 0 aliphatic rings. The van der Waals surface area contributed by atoms with Crippen LogP contribution < -0.4 is 10.6 Å². The van der Waals surface area contributed by atoms with Gasteiger partial charge in [0.1, 0.15) is 0 Å². The molecule has 0 saturated heterocycles. The zero-order valence-corrected chi connectivity index (χ0v) is 12.8. The molecule has 0 aromatic heterocycles. The number of carbonyl (C=O) groups excluding carboxylic acids is 1. The minimum atomic E-state index is -2.02. The summed E-state index contributed by atoms with van der Waals surface area (Å²) >= 11 is 8.00. The third kappa shape index (κ3) is 4.84. The summed E-state index contributed by atoms with van der Waals surface area (Å²) in [5.74, 6) is -1.42. The van der Waals surface area contributed by atoms with E-state index in [4.69, 9.17) is 16.7 Å². The average Bonchev–Trinajstić information content (AvgIpc) is 2.30. The van der Waals surface area contributed by atoms with E-state index in [1.165, 1.54) is 0 Å². The predicted molar refractivity (Wildman–Crippen MR) is 79.5 cm³/mol. The molecule has 1 rings (SSSR count). The van der Waals surface area contributed by atoms with Crippen molar-refractivity contribution in [3.8, 4) is 0 Å². The van der Waals surface area contributed by atoms with E-state index in [1.54, 1.807) is 18.2 Å². The highest BCUT2D eigenvalue weighted by atomic mass is 127. The van der Waals surface area contributed by atoms with Gasteiger partial charge in [0.15, 0.2) is 5.60 Å². The minimum absolute atomic E-state index is 0.368. The molecule has 1 unspecified atom stereocenters. The summed E-state index contributed by atoms with van der Waals surface area (Å²) in [6.07, 6.45) is 0. The molecule has 0 spiro atoms. The first-order valence-corrected chi connectivity index (χ1v) is 6.64. The molecule has 0 heterocycles. The lowest BCUT2D eigenvalue weighted by molar-refractivity contribution is -0.155. The number of benzene rings is 1. The van der Waals surface area contributed by atoms with Gasteiger partial charge in [-0.1, -0.05) is 11.6 Å². The molecule has 0 fully saturated rings. The van der Waals surface area contributed by atoms with Crippen molar-refractivity contribution in [1.29, 1.82) is 0 Å². The molecule has 1 aromatic carbocycles. The van der Waals surface area contributed by atoms with E-state index in [0.717, 1.165) is 10.5 Å². The number of aliphatic hydroxyl groups is 1. The molecule has 104 valence electrons. The van der Waals surface area contributed by atoms with Crippen LogP contribution in [0, 0.1) is 3.57 Å². The molecule has 0 aliphatic carbocycles. The van der Waals surface area contributed by atoms with Crippen molar-refractivity contribution in [3.63, 3.8) is 0 Å². The number of hydrogen-bond donors (Lipinski definition) is 4. The number of urea groups is 1. The molecular weight excluding hydrogens is 386 g/mol. The summed E-state index contributed by atoms with van der Waals surface area (Å²) in [5, 5.41) is 23.2. The van der Waals surface area contributed by atoms with Gasteiger partial charge in [-0.2, -0.15) is 0 Å². The summed E-state index contributed by atoms with van der Waals surface area (Å²) < 4.78 is 0.919. The second kappa shape index (κ2) is 6.40. The third-order valence-corrected chi connectivity index (χ3v) is 3.22. The van der Waals surface area contributed by atoms with Crippen molar-refractivity contribution in [2.24, 2.45) is 0 Å². The maximum Gasteiger partial charge on any atom is 0.337 e. The zero-order valence-electron chi connectivity index (χ0n) is 9.91. The lowest BCUT2D eigenvalue weighted by Crippen LogP contribution is -2.47. The smallest absolute Gasteiger partial charge is 0.337 e. The highest BCUT2D eigenvalue weighted by Crippen LogP contribution is 2.23. The summed E-state index contributed by atoms with van der Waals surface area (Å²) in [6.45, 7) is 0.670. The van der Waals surface area contributed by atoms with E-state index < -0.39 is 24.1 Å². The first kappa shape index (κ1) is 16.0. The zero-order chi connectivity index (χ0) is 14.6. The van der Waals surface area contributed by atoms with Gasteiger partial charge in [0, 0.05) is 3.57 Å². The van der Waals surface area contributed by atoms with Crippen LogP contribution >= 0.6 is 34.2 Å². The molecule has 19 heavy (non-hydrogen) atoms. The first-order chi connectivity index (χ1) is 8.72. The van der Waals surface area contributed by atoms with Crippen molar-refractivity contribution in [1.82, 2.24) is 5.32 Å². The average molecular weight is 399 g/mol. The summed E-state index contributed by atoms with van der Waals surface area (Å²) in [4.78, 5) is 22.2. The van der Waals surface area contributed by atoms with Crippen molar-refractivity contribution >= 4 is 51.9 Å². The lowest BCUT2D eigenvalue weighted by atomic mass is 10.1. The Morgan fingerprint density at radius 3 is 2.63 bits per heavy atom. The van der Waals surface area contributed by atoms with Gasteiger partial charge in [-0.3, -0.25) is 0 Å². The quantitative estimate of drug-likeness (QED) is 0.582. The molecule has 6 nitrogen and oxygen atoms in total. The van der Waals surface area contributed by atoms with Crippen LogP contribution in [0.15, 0.2) is 18.2 Å². The van der Waals surface area contributed by atoms with Gasteiger partial charge in [0.25, 0.3) is 0 Å². The van der Waals surface area contributed by atoms with E-state index in [0.29, 0.717) is 10.7 Å². The van der Waals surface area contributed by atoms with E-state index in [9.17, 15) is 14.7 Å². The van der Waals surface area contributed by atoms with Crippen LogP contribution in [0.2, 0.25) is 5.02 Å². The fourth-order valence-corrected chi connectivity index (χ4v) is 1.99. The van der Waals surface area contributed by atoms with Crippen LogP contribution in [0.1, 0.15) is 6.92 Å². The van der Waals surface area contributed by atoms with Crippen LogP contribution in [0.4, 0.5) is 10.5 Å². The fraction of sp³-hybridized carbons (Fsp3) is 0.273. The molecule has 0 saturated carbocycles. The number of carbonyl (C=O) groups is 2. The number of amides is 2. The number of nitrogens with one attached hydrogen (secondary N) is 2. The molecule has 1 atom stereocenters. The van der Waals surface area contributed by atoms with Gasteiger partial charge in [-0.15, -0.1) is 0 Å². The Hall–Kier alpha value is -1.06. The number of anilines is 1. The van der Waals surface area contributed by atoms with Gasteiger partial charge >= 0.3 is 12.0 Å². The second-order valence-electron chi connectivity index (χ2n) is 4.01. The summed E-state index contributed by atoms with van der Waals surface area (Å²) in [7, 11) is 0. The molecular formula is C11H12ClIN2O4. The molecule has 0 radical (unpaired) electrons. The van der Waals surface area contributed by atoms with E-state index in [1.807, 2.05) is 0 Å². The van der Waals surface area contributed by atoms with Gasteiger partial charge in [0.2, 0.25) is 0 Å². The Kier molecular flexibility index (Phi) is 5.39. The van der Waals surface area contributed by atoms with Gasteiger partial charge in [0.05, 0.1) is 17.3 Å². The standard InChI is InChI=1S/C11H12ClIN2O4/c1-11(19,9(16)17)5-14-10(18)15-8-3-2-6(13)4-7(8)12/h2-4,19H,5H2,1H3,(H,16,17)(H2,14,15,18). The van der Waals surface area contributed by atoms with Gasteiger partial charge < -0.3 is 20.8 Å². The first-order valence-electron chi connectivity index (χ1n) is 5.18. The highest BCUT2D eigenvalue weighted by Gasteiger charge is 2.30. The van der Waals surface area contributed by atoms with Crippen molar-refractivity contribution in [2.45, 2.75) is 12.5 Å². The van der Waals surface area contributed by atoms with Gasteiger partial charge in [-0.05, 0) is 47.7 Å². The maximum atomic E-state index is 11.5. The number of carboxylic acids is 1. The van der Waals surface area contributed by atoms with Crippen LogP contribution in [-0.2, 0) is 4.79 Å². The van der Waals surface area contributed by atoms with E-state index in [-0.39, 0.29) is 0 Å². The predicted octanol–water partition coefficient (Wildman–Crippen LogP) is 1.90. The van der Waals surface area contributed by atoms with Crippen molar-refractivity contribution in [2.75, 3.05) is 11.9 Å². The van der Waals surface area contributed by atoms with Crippen LogP contribution in [0.5, 0.6) is 0 Å². The highest BCUT2D eigenvalue weighted by molar-refractivity contribution is 14.1. The number of aliphatic carboxylic acids is 1. The van der Waals surface area contributed by atoms with Crippen molar-refractivity contribution < 1.29 is 19.8 Å². The Labute approximate surface area is 128 Å². The molecule has 8 heteroatoms. The normalized spacial score (nSPS) is 13.5. The second-order valence-corrected chi connectivity index (χ2v) is 5.66. The van der Waals surface area contributed by atoms with Crippen LogP contribution in [-0.4, -0.2) is 34.4 Å². The number of halogens is 2. The topological polar surface area (TPSA) is 98.7 Å². The Balaban J connectivity index is 2.59. The molecule has 0 bridgehead atoms. The monoisotopic (exact) mass is 398 g/mol. The van der Waals surface area contributed by atoms with E-state index >= 15 is 0 Å².